The molecule has 0 atom stereocenters. The molecule has 8 heteroatoms. The lowest BCUT2D eigenvalue weighted by Crippen LogP contribution is -2.39. The van der Waals surface area contributed by atoms with E-state index in [0.717, 1.165) is 54.1 Å². The van der Waals surface area contributed by atoms with Gasteiger partial charge in [-0.2, -0.15) is 0 Å². The Hall–Kier alpha value is -3.13. The van der Waals surface area contributed by atoms with Gasteiger partial charge in [0, 0.05) is 17.8 Å². The highest BCUT2D eigenvalue weighted by Gasteiger charge is 2.53. The van der Waals surface area contributed by atoms with Crippen molar-refractivity contribution >= 4 is 23.2 Å². The monoisotopic (exact) mass is 482 g/mol. The Kier molecular flexibility index (Phi) is 6.79. The molecule has 7 nitrogen and oxygen atoms in total. The molecule has 1 N–H and O–H groups in total. The van der Waals surface area contributed by atoms with E-state index in [-0.39, 0.29) is 11.6 Å². The number of amides is 1. The zero-order chi connectivity index (χ0) is 24.5. The second-order valence-electron chi connectivity index (χ2n) is 8.91. The molecule has 1 fully saturated rings. The number of furan rings is 1. The third-order valence-corrected chi connectivity index (χ3v) is 7.48. The number of aryl methyl sites for hydroxylation is 4. The molecule has 0 bridgehead atoms. The van der Waals surface area contributed by atoms with Crippen molar-refractivity contribution in [3.05, 3.63) is 68.6 Å². The minimum absolute atomic E-state index is 0.0604. The van der Waals surface area contributed by atoms with Crippen LogP contribution in [-0.4, -0.2) is 40.5 Å². The van der Waals surface area contributed by atoms with Crippen LogP contribution in [0.1, 0.15) is 62.3 Å². The van der Waals surface area contributed by atoms with Crippen LogP contribution < -0.4 is 4.74 Å². The van der Waals surface area contributed by atoms with E-state index < -0.39 is 11.4 Å². The number of hydrogen-bond donors (Lipinski definition) is 1. The normalized spacial score (nSPS) is 14.1. The number of ether oxygens (including phenoxy) is 1. The lowest BCUT2D eigenvalue weighted by atomic mass is 9.94. The first-order valence-electron chi connectivity index (χ1n) is 11.4. The fourth-order valence-corrected chi connectivity index (χ4v) is 5.25. The zero-order valence-corrected chi connectivity index (χ0v) is 20.8. The van der Waals surface area contributed by atoms with E-state index in [1.807, 2.05) is 49.1 Å². The van der Waals surface area contributed by atoms with E-state index in [0.29, 0.717) is 23.0 Å². The maximum Gasteiger partial charge on any atom is 0.355 e. The number of nitrogens with zero attached hydrogens (tertiary/aromatic N) is 2. The van der Waals surface area contributed by atoms with Crippen LogP contribution in [0.2, 0.25) is 0 Å². The van der Waals surface area contributed by atoms with Crippen molar-refractivity contribution in [3.63, 3.8) is 0 Å². The number of carboxylic acid groups (broad SMARTS) is 1. The van der Waals surface area contributed by atoms with Crippen molar-refractivity contribution in [2.24, 2.45) is 0 Å². The largest absolute Gasteiger partial charge is 0.497 e. The van der Waals surface area contributed by atoms with E-state index in [4.69, 9.17) is 9.15 Å². The van der Waals surface area contributed by atoms with Gasteiger partial charge in [-0.3, -0.25) is 4.79 Å². The molecule has 1 aliphatic rings. The van der Waals surface area contributed by atoms with Gasteiger partial charge in [-0.1, -0.05) is 12.1 Å². The van der Waals surface area contributed by atoms with Gasteiger partial charge in [-0.05, 0) is 69.4 Å². The molecule has 4 rings (SSSR count). The Morgan fingerprint density at radius 1 is 1.21 bits per heavy atom. The number of rotatable bonds is 10. The average Bonchev–Trinajstić information content (AvgIpc) is 3.45. The Morgan fingerprint density at radius 3 is 2.44 bits per heavy atom. The summed E-state index contributed by atoms with van der Waals surface area (Å²) in [6, 6.07) is 9.75. The van der Waals surface area contributed by atoms with Crippen molar-refractivity contribution in [1.82, 2.24) is 9.88 Å². The van der Waals surface area contributed by atoms with E-state index in [1.165, 1.54) is 11.3 Å². The Labute approximate surface area is 203 Å². The third kappa shape index (κ3) is 4.87. The van der Waals surface area contributed by atoms with Crippen LogP contribution >= 0.6 is 11.3 Å². The number of aromatic nitrogens is 1. The predicted molar refractivity (Wildman–Crippen MR) is 130 cm³/mol. The maximum absolute atomic E-state index is 13.8. The first kappa shape index (κ1) is 24.0. The topological polar surface area (TPSA) is 92.9 Å². The van der Waals surface area contributed by atoms with Crippen LogP contribution in [0.3, 0.4) is 0 Å². The predicted octanol–water partition coefficient (Wildman–Crippen LogP) is 5.06. The molecule has 0 unspecified atom stereocenters. The first-order chi connectivity index (χ1) is 16.2. The summed E-state index contributed by atoms with van der Waals surface area (Å²) < 4.78 is 11.1. The van der Waals surface area contributed by atoms with Crippen LogP contribution in [0, 0.1) is 20.8 Å². The van der Waals surface area contributed by atoms with Gasteiger partial charge in [-0.15, -0.1) is 11.3 Å². The summed E-state index contributed by atoms with van der Waals surface area (Å²) in [6.45, 7) is 6.56. The van der Waals surface area contributed by atoms with E-state index >= 15 is 0 Å². The Morgan fingerprint density at radius 2 is 1.91 bits per heavy atom. The zero-order valence-electron chi connectivity index (χ0n) is 20.0. The summed E-state index contributed by atoms with van der Waals surface area (Å²) in [4.78, 5) is 32.1. The van der Waals surface area contributed by atoms with E-state index in [9.17, 15) is 14.7 Å². The van der Waals surface area contributed by atoms with Crippen molar-refractivity contribution in [2.75, 3.05) is 13.7 Å². The molecule has 2 aromatic heterocycles. The lowest BCUT2D eigenvalue weighted by Gasteiger charge is -2.27. The van der Waals surface area contributed by atoms with Gasteiger partial charge < -0.3 is 19.2 Å². The van der Waals surface area contributed by atoms with Crippen LogP contribution in [-0.2, 0) is 23.2 Å². The van der Waals surface area contributed by atoms with Crippen LogP contribution in [0.15, 0.2) is 34.7 Å². The standard InChI is InChI=1S/C26H30N2O5S/c1-16-14-21(33-17(16)2)6-5-13-28(15-22-27-23(24(29)30)18(3)34-22)25(31)26(11-12-26)19-7-9-20(32-4)10-8-19/h7-10,14H,5-6,11-13,15H2,1-4H3,(H,29,30). The van der Waals surface area contributed by atoms with Gasteiger partial charge in [0.15, 0.2) is 5.69 Å². The molecule has 0 aliphatic heterocycles. The van der Waals surface area contributed by atoms with Crippen molar-refractivity contribution in [3.8, 4) is 5.75 Å². The van der Waals surface area contributed by atoms with E-state index in [2.05, 4.69) is 4.98 Å². The number of methoxy groups -OCH3 is 1. The fraction of sp³-hybridized carbons (Fsp3) is 0.423. The quantitative estimate of drug-likeness (QED) is 0.434. The molecule has 34 heavy (non-hydrogen) atoms. The summed E-state index contributed by atoms with van der Waals surface area (Å²) in [6.07, 6.45) is 3.06. The van der Waals surface area contributed by atoms with Crippen LogP contribution in [0.5, 0.6) is 5.75 Å². The highest BCUT2D eigenvalue weighted by molar-refractivity contribution is 7.11. The highest BCUT2D eigenvalue weighted by atomic mass is 32.1. The average molecular weight is 483 g/mol. The van der Waals surface area contributed by atoms with Crippen molar-refractivity contribution in [1.29, 1.82) is 0 Å². The SMILES string of the molecule is COc1ccc(C2(C(=O)N(CCCc3cc(C)c(C)o3)Cc3nc(C(=O)O)c(C)s3)CC2)cc1. The molecule has 1 aromatic carbocycles. The number of carboxylic acids is 1. The summed E-state index contributed by atoms with van der Waals surface area (Å²) in [5.74, 6) is 1.61. The molecule has 1 aliphatic carbocycles. The minimum Gasteiger partial charge on any atom is -0.497 e. The maximum atomic E-state index is 13.8. The van der Waals surface area contributed by atoms with Gasteiger partial charge in [0.1, 0.15) is 22.3 Å². The van der Waals surface area contributed by atoms with Crippen molar-refractivity contribution in [2.45, 2.75) is 58.4 Å². The number of benzene rings is 1. The van der Waals surface area contributed by atoms with Crippen LogP contribution in [0.4, 0.5) is 0 Å². The minimum atomic E-state index is -1.04. The number of thiazole rings is 1. The molecular weight excluding hydrogens is 452 g/mol. The molecule has 2 heterocycles. The van der Waals surface area contributed by atoms with Crippen LogP contribution in [0.25, 0.3) is 0 Å². The summed E-state index contributed by atoms with van der Waals surface area (Å²) in [5, 5.41) is 10.0. The summed E-state index contributed by atoms with van der Waals surface area (Å²) in [7, 11) is 1.62. The molecule has 1 amide bonds. The van der Waals surface area contributed by atoms with Gasteiger partial charge in [0.25, 0.3) is 0 Å². The molecular formula is C26H30N2O5S. The highest BCUT2D eigenvalue weighted by Crippen LogP contribution is 2.50. The molecule has 1 saturated carbocycles. The first-order valence-corrected chi connectivity index (χ1v) is 12.2. The van der Waals surface area contributed by atoms with Gasteiger partial charge in [-0.25, -0.2) is 9.78 Å². The third-order valence-electron chi connectivity index (χ3n) is 6.53. The van der Waals surface area contributed by atoms with Gasteiger partial charge in [0.2, 0.25) is 5.91 Å². The van der Waals surface area contributed by atoms with Gasteiger partial charge in [0.05, 0.1) is 19.1 Å². The molecule has 0 radical (unpaired) electrons. The Balaban J connectivity index is 1.54. The summed E-state index contributed by atoms with van der Waals surface area (Å²) in [5.41, 5.74) is 1.64. The van der Waals surface area contributed by atoms with Gasteiger partial charge >= 0.3 is 5.97 Å². The van der Waals surface area contributed by atoms with Crippen molar-refractivity contribution < 1.29 is 23.8 Å². The fourth-order valence-electron chi connectivity index (χ4n) is 4.31. The second kappa shape index (κ2) is 9.62. The number of aromatic carboxylic acids is 1. The Bertz CT molecular complexity index is 1170. The molecule has 0 saturated heterocycles. The molecule has 3 aromatic rings. The molecule has 0 spiro atoms. The number of hydrogen-bond acceptors (Lipinski definition) is 6. The van der Waals surface area contributed by atoms with E-state index in [1.54, 1.807) is 14.0 Å². The smallest absolute Gasteiger partial charge is 0.355 e. The summed E-state index contributed by atoms with van der Waals surface area (Å²) >= 11 is 1.33. The second-order valence-corrected chi connectivity index (χ2v) is 10.2. The lowest BCUT2D eigenvalue weighted by molar-refractivity contribution is -0.134. The number of carbonyl (C=O) groups is 2. The number of carbonyl (C=O) groups excluding carboxylic acids is 1. The molecule has 180 valence electrons.